The van der Waals surface area contributed by atoms with Crippen LogP contribution in [0, 0.1) is 35.5 Å². The molecule has 570 valence electrons. The summed E-state index contributed by atoms with van der Waals surface area (Å²) in [6.45, 7) is 16.4. The van der Waals surface area contributed by atoms with Gasteiger partial charge in [-0.05, 0) is 153 Å². The second-order valence-electron chi connectivity index (χ2n) is 30.1. The molecule has 100 heavy (non-hydrogen) atoms. The van der Waals surface area contributed by atoms with Gasteiger partial charge >= 0.3 is 6.18 Å². The number of piperidine rings is 1. The average molecular weight is 1460 g/mol. The van der Waals surface area contributed by atoms with E-state index in [4.69, 9.17) is 23.2 Å². The lowest BCUT2D eigenvalue weighted by molar-refractivity contribution is -0.182. The number of hydrogen-bond donors (Lipinski definition) is 4. The lowest BCUT2D eigenvalue weighted by atomic mass is 9.78. The Hall–Kier alpha value is -5.99. The summed E-state index contributed by atoms with van der Waals surface area (Å²) >= 11 is 12.9. The third kappa shape index (κ3) is 24.6. The molecule has 11 atom stereocenters. The third-order valence-electron chi connectivity index (χ3n) is 21.0. The highest BCUT2D eigenvalue weighted by atomic mass is 35.5. The quantitative estimate of drug-likeness (QED) is 0.117. The Balaban J connectivity index is 1.89. The summed E-state index contributed by atoms with van der Waals surface area (Å²) in [6, 6.07) is -9.07. The molecular weight excluding hydrogens is 1340 g/mol. The molecule has 2 aliphatic carbocycles. The van der Waals surface area contributed by atoms with Crippen molar-refractivity contribution >= 4 is 94.1 Å². The van der Waals surface area contributed by atoms with Gasteiger partial charge in [0.1, 0.15) is 47.8 Å². The smallest absolute Gasteiger partial charge is 0.343 e. The molecule has 2 saturated heterocycles. The van der Waals surface area contributed by atoms with Crippen molar-refractivity contribution in [1.29, 1.82) is 0 Å². The number of likely N-dealkylation sites (N-methyl/N-ethyl adjacent to an activating group) is 7. The summed E-state index contributed by atoms with van der Waals surface area (Å²) in [6.07, 6.45) is 1.26. The number of likely N-dealkylation sites (tertiary alicyclic amines) is 1. The molecular formula is C71H119Cl2F3N12O12. The average Bonchev–Trinajstić information content (AvgIpc) is 0.810. The molecule has 29 heteroatoms. The van der Waals surface area contributed by atoms with Crippen LogP contribution in [0.4, 0.5) is 13.2 Å². The predicted octanol–water partition coefficient (Wildman–Crippen LogP) is 6.71. The zero-order valence-corrected chi connectivity index (χ0v) is 63.9. The topological polar surface area (TPSA) is 279 Å². The van der Waals surface area contributed by atoms with E-state index in [2.05, 4.69) is 21.3 Å². The molecule has 2 aliphatic heterocycles. The first-order valence-corrected chi connectivity index (χ1v) is 37.3. The highest BCUT2D eigenvalue weighted by Crippen LogP contribution is 2.44. The van der Waals surface area contributed by atoms with Gasteiger partial charge in [0.15, 0.2) is 0 Å². The van der Waals surface area contributed by atoms with Crippen LogP contribution in [-0.2, 0) is 57.5 Å². The highest BCUT2D eigenvalue weighted by Gasteiger charge is 2.48. The number of carbonyl (C=O) groups is 12. The largest absolute Gasteiger partial charge is 0.393 e. The van der Waals surface area contributed by atoms with Crippen LogP contribution in [0.1, 0.15) is 198 Å². The highest BCUT2D eigenvalue weighted by molar-refractivity contribution is 6.21. The van der Waals surface area contributed by atoms with Crippen molar-refractivity contribution in [2.75, 3.05) is 81.6 Å². The Bertz CT molecular complexity index is 2810. The van der Waals surface area contributed by atoms with Gasteiger partial charge in [-0.2, -0.15) is 13.2 Å². The van der Waals surface area contributed by atoms with E-state index in [0.717, 1.165) is 30.9 Å². The number of hydrogen-bond acceptors (Lipinski definition) is 12. The van der Waals surface area contributed by atoms with E-state index in [-0.39, 0.29) is 87.5 Å². The van der Waals surface area contributed by atoms with Crippen LogP contribution in [0.25, 0.3) is 0 Å². The molecule has 2 heterocycles. The van der Waals surface area contributed by atoms with E-state index in [1.807, 2.05) is 41.5 Å². The van der Waals surface area contributed by atoms with Gasteiger partial charge in [-0.15, -0.1) is 23.2 Å². The number of rotatable bonds is 16. The maximum Gasteiger partial charge on any atom is 0.393 e. The summed E-state index contributed by atoms with van der Waals surface area (Å²) in [5.41, 5.74) is -1.76. The molecule has 4 N–H and O–H groups in total. The summed E-state index contributed by atoms with van der Waals surface area (Å²) in [4.78, 5) is 187. The first-order chi connectivity index (χ1) is 46.7. The van der Waals surface area contributed by atoms with Gasteiger partial charge in [0, 0.05) is 72.7 Å². The molecule has 3 unspecified atom stereocenters. The van der Waals surface area contributed by atoms with E-state index < -0.39 is 174 Å². The Kier molecular flexibility index (Phi) is 34.2. The van der Waals surface area contributed by atoms with Crippen molar-refractivity contribution < 1.29 is 70.7 Å². The number of halogens is 5. The van der Waals surface area contributed by atoms with Gasteiger partial charge < -0.3 is 60.5 Å². The molecule has 12 amide bonds. The van der Waals surface area contributed by atoms with Crippen LogP contribution in [0.3, 0.4) is 0 Å². The zero-order valence-electron chi connectivity index (χ0n) is 62.4. The SMILES string of the molecule is CCCC[C@@H]1NC(=O)[C@H](CCC2CCC(C(F)(F)F)C(Cl)C2)NC(=O)CN(C)C(=O)[C@H](CC2CCC(Cl)CC2)N(CC)C(=O)CN(C)C(=O)CN(C)C(=O)[C@H]([C@@H](C)CC)NC(=O)[C@H](CC(C)C)N(C)C(=O)C[C@@H](C(=O)N2CCCCC2)N(C)C(=O)[C@H](CC(C)C)NC(=O)C(C)(C)N(C)C1=O. The lowest BCUT2D eigenvalue weighted by Gasteiger charge is -2.39. The maximum absolute atomic E-state index is 15.2. The van der Waals surface area contributed by atoms with Gasteiger partial charge in [-0.3, -0.25) is 57.5 Å². The summed E-state index contributed by atoms with van der Waals surface area (Å²) in [7, 11) is 8.29. The Labute approximate surface area is 602 Å². The molecule has 4 fully saturated rings. The number of nitrogens with zero attached hydrogens (tertiary/aromatic N) is 8. The molecule has 0 aromatic carbocycles. The number of nitrogens with one attached hydrogen (secondary N) is 4. The van der Waals surface area contributed by atoms with Crippen LogP contribution in [0.15, 0.2) is 0 Å². The van der Waals surface area contributed by atoms with Gasteiger partial charge in [0.2, 0.25) is 70.9 Å². The monoisotopic (exact) mass is 1460 g/mol. The maximum atomic E-state index is 15.2. The van der Waals surface area contributed by atoms with E-state index in [9.17, 15) is 61.1 Å². The van der Waals surface area contributed by atoms with Crippen LogP contribution in [-0.4, -0.2) is 256 Å². The first-order valence-electron chi connectivity index (χ1n) is 36.4. The second-order valence-corrected chi connectivity index (χ2v) is 31.3. The zero-order chi connectivity index (χ0) is 75.4. The van der Waals surface area contributed by atoms with Gasteiger partial charge in [-0.1, -0.05) is 67.7 Å². The van der Waals surface area contributed by atoms with E-state index in [1.54, 1.807) is 18.7 Å². The summed E-state index contributed by atoms with van der Waals surface area (Å²) < 4.78 is 41.9. The second kappa shape index (κ2) is 39.6. The molecule has 0 bridgehead atoms. The minimum atomic E-state index is -4.52. The lowest BCUT2D eigenvalue weighted by Crippen LogP contribution is -2.63. The van der Waals surface area contributed by atoms with Crippen molar-refractivity contribution in [3.63, 3.8) is 0 Å². The molecule has 4 aliphatic rings. The van der Waals surface area contributed by atoms with E-state index in [0.29, 0.717) is 70.9 Å². The third-order valence-corrected chi connectivity index (χ3v) is 22.0. The summed E-state index contributed by atoms with van der Waals surface area (Å²) in [5, 5.41) is 9.98. The predicted molar refractivity (Wildman–Crippen MR) is 377 cm³/mol. The van der Waals surface area contributed by atoms with Crippen LogP contribution in [0.5, 0.6) is 0 Å². The number of alkyl halides is 5. The Morgan fingerprint density at radius 1 is 0.590 bits per heavy atom. The van der Waals surface area contributed by atoms with Crippen LogP contribution in [0.2, 0.25) is 0 Å². The van der Waals surface area contributed by atoms with Gasteiger partial charge in [0.25, 0.3) is 0 Å². The molecule has 0 spiro atoms. The van der Waals surface area contributed by atoms with Crippen molar-refractivity contribution in [1.82, 2.24) is 60.5 Å². The standard InChI is InChI=1S/C71H119Cl2F3N12O12/c1-17-20-24-52-65(96)86(16)70(9,10)69(100)79-53(35-43(4)5)64(95)85(15)55(67(98)87-33-22-21-23-34-87)39-58(90)84(14)54(36-44(6)7)63(94)80-61(45(8)18-2)68(99)83(13)41-59(91)81(11)42-60(92)88(19-3)56(38-47-25-29-48(72)30-26-47)66(97)82(12)40-57(89)77-51(62(93)78-52)32-28-46-27-31-49(50(73)37-46)71(74,75)76/h43-56,61H,17-42H2,1-16H3,(H,77,89)(H,78,93)(H,79,100)(H,80,94)/t45-,46?,47?,48?,49?,50?,51-,52-,53-,54-,55-,56-,61-/m0/s1. The van der Waals surface area contributed by atoms with Crippen molar-refractivity contribution in [2.45, 2.75) is 262 Å². The number of carbonyl (C=O) groups excluding carboxylic acids is 12. The Morgan fingerprint density at radius 2 is 1.18 bits per heavy atom. The molecule has 0 aromatic rings. The molecule has 2 saturated carbocycles. The number of unbranched alkanes of at least 4 members (excludes halogenated alkanes) is 1. The molecule has 0 aromatic heterocycles. The van der Waals surface area contributed by atoms with Crippen molar-refractivity contribution in [3.05, 3.63) is 0 Å². The first kappa shape index (κ1) is 86.4. The van der Waals surface area contributed by atoms with E-state index >= 15 is 9.59 Å². The fourth-order valence-corrected chi connectivity index (χ4v) is 14.7. The summed E-state index contributed by atoms with van der Waals surface area (Å²) in [5.74, 6) is -11.5. The fourth-order valence-electron chi connectivity index (χ4n) is 14.0. The minimum absolute atomic E-state index is 0.00659. The molecule has 0 radical (unpaired) electrons. The fraction of sp³-hybridized carbons (Fsp3) is 0.831. The van der Waals surface area contributed by atoms with Gasteiger partial charge in [0.05, 0.1) is 32.0 Å². The Morgan fingerprint density at radius 3 is 1.74 bits per heavy atom. The van der Waals surface area contributed by atoms with E-state index in [1.165, 1.54) is 65.9 Å². The number of amides is 12. The minimum Gasteiger partial charge on any atom is -0.343 e. The van der Waals surface area contributed by atoms with Crippen molar-refractivity contribution in [3.8, 4) is 0 Å². The van der Waals surface area contributed by atoms with Gasteiger partial charge in [-0.25, -0.2) is 0 Å². The van der Waals surface area contributed by atoms with Crippen molar-refractivity contribution in [2.24, 2.45) is 35.5 Å². The van der Waals surface area contributed by atoms with Crippen LogP contribution >= 0.6 is 23.2 Å². The normalized spacial score (nSPS) is 29.1. The molecule has 4 rings (SSSR count). The molecule has 24 nitrogen and oxygen atoms in total. The van der Waals surface area contributed by atoms with Crippen LogP contribution < -0.4 is 21.3 Å².